The van der Waals surface area contributed by atoms with E-state index in [1.807, 2.05) is 49.2 Å². The zero-order valence-electron chi connectivity index (χ0n) is 24.0. The van der Waals surface area contributed by atoms with Gasteiger partial charge in [-0.25, -0.2) is 14.3 Å². The number of carboxylic acid groups (broad SMARTS) is 1. The minimum Gasteiger partial charge on any atom is -0.497 e. The number of methoxy groups -OCH3 is 1. The minimum absolute atomic E-state index is 0.0742. The Hall–Kier alpha value is -4.80. The van der Waals surface area contributed by atoms with Crippen molar-refractivity contribution in [1.29, 1.82) is 0 Å². The molecule has 0 bridgehead atoms. The molecule has 11 nitrogen and oxygen atoms in total. The predicted octanol–water partition coefficient (Wildman–Crippen LogP) is 3.34. The Morgan fingerprint density at radius 3 is 2.33 bits per heavy atom. The summed E-state index contributed by atoms with van der Waals surface area (Å²) < 4.78 is 7.69. The fourth-order valence-corrected chi connectivity index (χ4v) is 5.86. The van der Waals surface area contributed by atoms with Crippen LogP contribution in [-0.2, 0) is 13.0 Å². The van der Waals surface area contributed by atoms with E-state index in [0.717, 1.165) is 63.2 Å². The third-order valence-corrected chi connectivity index (χ3v) is 8.12. The Labute approximate surface area is 241 Å². The lowest BCUT2D eigenvalue weighted by molar-refractivity contribution is 0.0685. The quantitative estimate of drug-likeness (QED) is 0.327. The number of aromatic amines is 1. The molecule has 2 atom stereocenters. The zero-order chi connectivity index (χ0) is 30.1. The van der Waals surface area contributed by atoms with Crippen molar-refractivity contribution in [1.82, 2.24) is 24.5 Å². The monoisotopic (exact) mass is 571 g/mol. The molecule has 4 aromatic rings. The summed E-state index contributed by atoms with van der Waals surface area (Å²) in [6.07, 6.45) is 3.59. The van der Waals surface area contributed by atoms with E-state index in [4.69, 9.17) is 9.84 Å². The lowest BCUT2D eigenvalue weighted by atomic mass is 9.90. The number of hydrogen-bond donors (Lipinski definition) is 2. The van der Waals surface area contributed by atoms with Crippen LogP contribution in [-0.4, -0.2) is 42.7 Å². The van der Waals surface area contributed by atoms with E-state index in [1.165, 1.54) is 0 Å². The summed E-state index contributed by atoms with van der Waals surface area (Å²) in [5, 5.41) is 17.8. The molecule has 218 valence electrons. The van der Waals surface area contributed by atoms with Gasteiger partial charge in [-0.2, -0.15) is 14.9 Å². The van der Waals surface area contributed by atoms with Crippen molar-refractivity contribution in [3.63, 3.8) is 0 Å². The Bertz CT molecular complexity index is 1810. The number of H-pyrrole nitrogens is 1. The van der Waals surface area contributed by atoms with Crippen LogP contribution in [0.25, 0.3) is 5.69 Å². The number of carbonyl (C=O) groups is 1. The summed E-state index contributed by atoms with van der Waals surface area (Å²) in [5.74, 6) is -0.212. The number of ether oxygens (including phenoxy) is 1. The number of aryl methyl sites for hydroxylation is 2. The van der Waals surface area contributed by atoms with Gasteiger partial charge < -0.3 is 9.84 Å². The fraction of sp³-hybridized carbons (Fsp3) is 0.355. The molecule has 1 saturated carbocycles. The smallest absolute Gasteiger partial charge is 0.362 e. The topological polar surface area (TPSA) is 149 Å². The molecule has 0 spiro atoms. The van der Waals surface area contributed by atoms with E-state index < -0.39 is 22.9 Å². The molecule has 0 radical (unpaired) electrons. The van der Waals surface area contributed by atoms with E-state index in [2.05, 4.69) is 12.0 Å². The van der Waals surface area contributed by atoms with Gasteiger partial charge in [0.05, 0.1) is 25.0 Å². The normalized spacial score (nSPS) is 16.5. The van der Waals surface area contributed by atoms with Crippen molar-refractivity contribution >= 4 is 5.97 Å². The van der Waals surface area contributed by atoms with Gasteiger partial charge in [0.15, 0.2) is 0 Å². The Kier molecular flexibility index (Phi) is 7.93. The first kappa shape index (κ1) is 28.7. The third kappa shape index (κ3) is 5.67. The summed E-state index contributed by atoms with van der Waals surface area (Å²) in [5.41, 5.74) is 2.68. The van der Waals surface area contributed by atoms with E-state index in [-0.39, 0.29) is 11.5 Å². The van der Waals surface area contributed by atoms with Gasteiger partial charge in [0.25, 0.3) is 11.1 Å². The molecule has 0 saturated heterocycles. The largest absolute Gasteiger partial charge is 0.497 e. The molecular formula is C31H33N5O6. The van der Waals surface area contributed by atoms with E-state index >= 15 is 0 Å². The summed E-state index contributed by atoms with van der Waals surface area (Å²) in [4.78, 5) is 51.4. The van der Waals surface area contributed by atoms with Crippen LogP contribution in [0.2, 0.25) is 0 Å². The first-order chi connectivity index (χ1) is 20.0. The summed E-state index contributed by atoms with van der Waals surface area (Å²) in [6.45, 7) is 6.29. The van der Waals surface area contributed by atoms with Crippen LogP contribution in [0.1, 0.15) is 76.1 Å². The van der Waals surface area contributed by atoms with Gasteiger partial charge in [0.2, 0.25) is 5.69 Å². The fourth-order valence-electron chi connectivity index (χ4n) is 5.86. The van der Waals surface area contributed by atoms with Crippen LogP contribution in [0.3, 0.4) is 0 Å². The molecule has 2 heterocycles. The average molecular weight is 572 g/mol. The average Bonchev–Trinajstić information content (AvgIpc) is 3.37. The Morgan fingerprint density at radius 2 is 1.74 bits per heavy atom. The van der Waals surface area contributed by atoms with Gasteiger partial charge >= 0.3 is 11.7 Å². The molecule has 1 aliphatic carbocycles. The molecule has 2 unspecified atom stereocenters. The summed E-state index contributed by atoms with van der Waals surface area (Å²) >= 11 is 0. The highest BCUT2D eigenvalue weighted by molar-refractivity contribution is 5.84. The van der Waals surface area contributed by atoms with E-state index in [9.17, 15) is 24.3 Å². The second-order valence-corrected chi connectivity index (χ2v) is 11.0. The summed E-state index contributed by atoms with van der Waals surface area (Å²) in [7, 11) is 1.61. The van der Waals surface area contributed by atoms with Crippen molar-refractivity contribution in [2.75, 3.05) is 7.11 Å². The Morgan fingerprint density at radius 1 is 1.05 bits per heavy atom. The van der Waals surface area contributed by atoms with Crippen LogP contribution in [0.15, 0.2) is 56.8 Å². The lowest BCUT2D eigenvalue weighted by Crippen LogP contribution is -2.35. The second kappa shape index (κ2) is 11.6. The van der Waals surface area contributed by atoms with Crippen molar-refractivity contribution in [3.8, 4) is 11.4 Å². The molecule has 2 aromatic heterocycles. The van der Waals surface area contributed by atoms with Crippen molar-refractivity contribution in [3.05, 3.63) is 113 Å². The number of benzene rings is 2. The number of aromatic carboxylic acids is 1. The van der Waals surface area contributed by atoms with Crippen LogP contribution in [0.5, 0.6) is 5.75 Å². The molecular weight excluding hydrogens is 538 g/mol. The van der Waals surface area contributed by atoms with Crippen LogP contribution < -0.4 is 21.5 Å². The summed E-state index contributed by atoms with van der Waals surface area (Å²) in [6, 6.07) is 12.9. The van der Waals surface area contributed by atoms with Crippen molar-refractivity contribution in [2.24, 2.45) is 5.92 Å². The molecule has 0 amide bonds. The van der Waals surface area contributed by atoms with Crippen LogP contribution in [0, 0.1) is 19.8 Å². The first-order valence-electron chi connectivity index (χ1n) is 13.9. The maximum Gasteiger partial charge on any atom is 0.362 e. The van der Waals surface area contributed by atoms with Gasteiger partial charge in [-0.05, 0) is 84.7 Å². The molecule has 0 aliphatic heterocycles. The van der Waals surface area contributed by atoms with Crippen LogP contribution >= 0.6 is 0 Å². The number of aromatic nitrogens is 5. The number of nitrogens with zero attached hydrogens (tertiary/aromatic N) is 4. The van der Waals surface area contributed by atoms with Crippen molar-refractivity contribution in [2.45, 2.75) is 58.9 Å². The SMILES string of the molecule is COc1ccc(Cn2nc(Cc3c(C)cc(-n4nc(C(=O)O)c(=O)[nH]c4=O)cc3C)cc(C3CCCC3C)c2=O)cc1. The second-order valence-electron chi connectivity index (χ2n) is 11.0. The highest BCUT2D eigenvalue weighted by Crippen LogP contribution is 2.38. The first-order valence-corrected chi connectivity index (χ1v) is 13.9. The molecule has 1 fully saturated rings. The van der Waals surface area contributed by atoms with E-state index in [1.54, 1.807) is 23.9 Å². The van der Waals surface area contributed by atoms with Gasteiger partial charge in [0, 0.05) is 12.0 Å². The molecule has 11 heteroatoms. The molecule has 2 aromatic carbocycles. The van der Waals surface area contributed by atoms with Crippen LogP contribution in [0.4, 0.5) is 0 Å². The number of carboxylic acids is 1. The molecule has 2 N–H and O–H groups in total. The Balaban J connectivity index is 1.55. The third-order valence-electron chi connectivity index (χ3n) is 8.12. The number of rotatable bonds is 8. The standard InChI is InChI=1S/C31H33N5O6/c1-17-6-5-7-24(17)26-15-21(33-35(29(26)38)16-20-8-10-23(42-4)11-9-20)14-25-18(2)12-22(13-19(25)3)36-31(41)32-28(37)27(34-36)30(39)40/h8-13,15,17,24H,5-7,14,16H2,1-4H3,(H,39,40)(H,32,37,41). The molecule has 1 aliphatic rings. The maximum atomic E-state index is 13.7. The van der Waals surface area contributed by atoms with Gasteiger partial charge in [-0.1, -0.05) is 31.9 Å². The maximum absolute atomic E-state index is 13.7. The number of nitrogens with one attached hydrogen (secondary N) is 1. The zero-order valence-corrected chi connectivity index (χ0v) is 24.0. The van der Waals surface area contributed by atoms with E-state index in [0.29, 0.717) is 24.6 Å². The minimum atomic E-state index is -1.53. The molecule has 42 heavy (non-hydrogen) atoms. The van der Waals surface area contributed by atoms with Gasteiger partial charge in [-0.15, -0.1) is 0 Å². The van der Waals surface area contributed by atoms with Crippen molar-refractivity contribution < 1.29 is 14.6 Å². The predicted molar refractivity (Wildman–Crippen MR) is 156 cm³/mol. The van der Waals surface area contributed by atoms with Gasteiger partial charge in [-0.3, -0.25) is 14.6 Å². The molecule has 5 rings (SSSR count). The highest BCUT2D eigenvalue weighted by atomic mass is 16.5. The van der Waals surface area contributed by atoms with Gasteiger partial charge in [0.1, 0.15) is 5.75 Å². The highest BCUT2D eigenvalue weighted by Gasteiger charge is 2.28. The lowest BCUT2D eigenvalue weighted by Gasteiger charge is -2.19. The number of hydrogen-bond acceptors (Lipinski definition) is 7.